The first kappa shape index (κ1) is 14.0. The van der Waals surface area contributed by atoms with Crippen molar-refractivity contribution in [2.24, 2.45) is 5.41 Å². The molecule has 104 valence electrons. The van der Waals surface area contributed by atoms with Gasteiger partial charge in [0.25, 0.3) is 0 Å². The summed E-state index contributed by atoms with van der Waals surface area (Å²) in [4.78, 5) is 15.4. The van der Waals surface area contributed by atoms with Crippen molar-refractivity contribution >= 4 is 5.97 Å². The van der Waals surface area contributed by atoms with Crippen LogP contribution in [0.4, 0.5) is 0 Å². The Balaban J connectivity index is 1.90. The van der Waals surface area contributed by atoms with Crippen LogP contribution in [-0.2, 0) is 10.2 Å². The Morgan fingerprint density at radius 3 is 2.74 bits per heavy atom. The molecule has 19 heavy (non-hydrogen) atoms. The average Bonchev–Trinajstić information content (AvgIpc) is 2.33. The van der Waals surface area contributed by atoms with Gasteiger partial charge in [-0.3, -0.25) is 9.78 Å². The van der Waals surface area contributed by atoms with Gasteiger partial charge in [0.2, 0.25) is 0 Å². The number of aromatic nitrogens is 1. The third kappa shape index (κ3) is 2.95. The summed E-state index contributed by atoms with van der Waals surface area (Å²) in [6.45, 7) is 5.61. The molecule has 0 amide bonds. The molecule has 0 bridgehead atoms. The van der Waals surface area contributed by atoms with E-state index in [4.69, 9.17) is 0 Å². The summed E-state index contributed by atoms with van der Waals surface area (Å²) in [5.41, 5.74) is 0.600. The second kappa shape index (κ2) is 5.29. The molecule has 0 aromatic carbocycles. The Labute approximate surface area is 114 Å². The monoisotopic (exact) mass is 262 g/mol. The largest absolute Gasteiger partial charge is 0.481 e. The predicted molar refractivity (Wildman–Crippen MR) is 74.1 cm³/mol. The number of aliphatic carboxylic acids is 1. The van der Waals surface area contributed by atoms with E-state index in [0.29, 0.717) is 6.54 Å². The number of rotatable bonds is 6. The maximum Gasteiger partial charge on any atom is 0.310 e. The molecule has 4 nitrogen and oxygen atoms in total. The van der Waals surface area contributed by atoms with E-state index in [1.165, 1.54) is 5.56 Å². The van der Waals surface area contributed by atoms with Gasteiger partial charge in [-0.05, 0) is 24.5 Å². The first-order valence-corrected chi connectivity index (χ1v) is 6.81. The van der Waals surface area contributed by atoms with E-state index in [2.05, 4.69) is 30.2 Å². The minimum absolute atomic E-state index is 0.0439. The molecule has 1 aliphatic carbocycles. The van der Waals surface area contributed by atoms with E-state index in [9.17, 15) is 9.90 Å². The highest BCUT2D eigenvalue weighted by Gasteiger charge is 2.44. The summed E-state index contributed by atoms with van der Waals surface area (Å²) < 4.78 is 0. The molecule has 0 atom stereocenters. The number of hydrogen-bond acceptors (Lipinski definition) is 3. The SMILES string of the molecule is CC(C)(CNCC1(C(=O)O)CCC1)c1cccnc1. The van der Waals surface area contributed by atoms with E-state index in [1.54, 1.807) is 6.20 Å². The van der Waals surface area contributed by atoms with Crippen LogP contribution in [0, 0.1) is 5.41 Å². The lowest BCUT2D eigenvalue weighted by atomic mass is 9.68. The van der Waals surface area contributed by atoms with Gasteiger partial charge in [0.15, 0.2) is 0 Å². The van der Waals surface area contributed by atoms with Crippen LogP contribution in [0.25, 0.3) is 0 Å². The number of nitrogens with one attached hydrogen (secondary N) is 1. The topological polar surface area (TPSA) is 62.2 Å². The Bertz CT molecular complexity index is 439. The predicted octanol–water partition coefficient (Wildman–Crippen LogP) is 2.20. The molecule has 1 fully saturated rings. The van der Waals surface area contributed by atoms with Crippen molar-refractivity contribution in [1.29, 1.82) is 0 Å². The third-order valence-electron chi connectivity index (χ3n) is 4.24. The molecule has 1 aromatic heterocycles. The second-order valence-electron chi connectivity index (χ2n) is 6.17. The van der Waals surface area contributed by atoms with Crippen molar-refractivity contribution in [3.63, 3.8) is 0 Å². The van der Waals surface area contributed by atoms with E-state index in [-0.39, 0.29) is 5.41 Å². The fraction of sp³-hybridized carbons (Fsp3) is 0.600. The van der Waals surface area contributed by atoms with E-state index < -0.39 is 11.4 Å². The Morgan fingerprint density at radius 2 is 2.26 bits per heavy atom. The first-order valence-electron chi connectivity index (χ1n) is 6.81. The highest BCUT2D eigenvalue weighted by atomic mass is 16.4. The number of carbonyl (C=O) groups is 1. The van der Waals surface area contributed by atoms with Crippen LogP contribution in [0.15, 0.2) is 24.5 Å². The van der Waals surface area contributed by atoms with Crippen LogP contribution in [-0.4, -0.2) is 29.1 Å². The molecule has 0 unspecified atom stereocenters. The van der Waals surface area contributed by atoms with Gasteiger partial charge in [0.05, 0.1) is 5.41 Å². The average molecular weight is 262 g/mol. The van der Waals surface area contributed by atoms with Crippen LogP contribution < -0.4 is 5.32 Å². The Kier molecular flexibility index (Phi) is 3.90. The molecule has 2 rings (SSSR count). The molecular formula is C15H22N2O2. The standard InChI is InChI=1S/C15H22N2O2/c1-14(2,12-5-3-8-16-9-12)10-17-11-15(13(18)19)6-4-7-15/h3,5,8-9,17H,4,6-7,10-11H2,1-2H3,(H,18,19). The molecule has 0 spiro atoms. The van der Waals surface area contributed by atoms with Gasteiger partial charge in [-0.1, -0.05) is 26.3 Å². The summed E-state index contributed by atoms with van der Waals surface area (Å²) >= 11 is 0. The van der Waals surface area contributed by atoms with Gasteiger partial charge >= 0.3 is 5.97 Å². The van der Waals surface area contributed by atoms with Crippen molar-refractivity contribution in [1.82, 2.24) is 10.3 Å². The lowest BCUT2D eigenvalue weighted by molar-refractivity contribution is -0.154. The summed E-state index contributed by atoms with van der Waals surface area (Å²) in [6, 6.07) is 3.99. The first-order chi connectivity index (χ1) is 8.96. The van der Waals surface area contributed by atoms with Crippen LogP contribution in [0.1, 0.15) is 38.7 Å². The van der Waals surface area contributed by atoms with Crippen LogP contribution in [0.3, 0.4) is 0 Å². The Morgan fingerprint density at radius 1 is 1.53 bits per heavy atom. The van der Waals surface area contributed by atoms with Crippen molar-refractivity contribution in [2.45, 2.75) is 38.5 Å². The van der Waals surface area contributed by atoms with Gasteiger partial charge < -0.3 is 10.4 Å². The van der Waals surface area contributed by atoms with Gasteiger partial charge in [-0.2, -0.15) is 0 Å². The fourth-order valence-corrected chi connectivity index (χ4v) is 2.55. The third-order valence-corrected chi connectivity index (χ3v) is 4.24. The molecule has 4 heteroatoms. The molecule has 0 saturated heterocycles. The molecule has 1 saturated carbocycles. The van der Waals surface area contributed by atoms with Gasteiger partial charge in [0.1, 0.15) is 0 Å². The number of carboxylic acids is 1. The lowest BCUT2D eigenvalue weighted by Crippen LogP contribution is -2.48. The van der Waals surface area contributed by atoms with Crippen molar-refractivity contribution in [2.75, 3.05) is 13.1 Å². The highest BCUT2D eigenvalue weighted by molar-refractivity contribution is 5.76. The van der Waals surface area contributed by atoms with E-state index in [1.807, 2.05) is 12.3 Å². The van der Waals surface area contributed by atoms with Crippen molar-refractivity contribution in [3.8, 4) is 0 Å². The molecule has 0 aliphatic heterocycles. The van der Waals surface area contributed by atoms with E-state index in [0.717, 1.165) is 25.8 Å². The molecular weight excluding hydrogens is 240 g/mol. The maximum absolute atomic E-state index is 11.3. The Hall–Kier alpha value is -1.42. The van der Waals surface area contributed by atoms with Crippen LogP contribution >= 0.6 is 0 Å². The van der Waals surface area contributed by atoms with Crippen LogP contribution in [0.5, 0.6) is 0 Å². The molecule has 1 aliphatic rings. The van der Waals surface area contributed by atoms with Gasteiger partial charge in [-0.25, -0.2) is 0 Å². The number of pyridine rings is 1. The van der Waals surface area contributed by atoms with Crippen LogP contribution in [0.2, 0.25) is 0 Å². The summed E-state index contributed by atoms with van der Waals surface area (Å²) in [5, 5.41) is 12.6. The summed E-state index contributed by atoms with van der Waals surface area (Å²) in [6.07, 6.45) is 6.25. The van der Waals surface area contributed by atoms with Crippen molar-refractivity contribution < 1.29 is 9.90 Å². The number of hydrogen-bond donors (Lipinski definition) is 2. The minimum Gasteiger partial charge on any atom is -0.481 e. The van der Waals surface area contributed by atoms with E-state index >= 15 is 0 Å². The molecule has 1 aromatic rings. The van der Waals surface area contributed by atoms with Crippen molar-refractivity contribution in [3.05, 3.63) is 30.1 Å². The zero-order chi connectivity index (χ0) is 13.9. The number of nitrogens with zero attached hydrogens (tertiary/aromatic N) is 1. The van der Waals surface area contributed by atoms with Gasteiger partial charge in [0, 0.05) is 30.9 Å². The van der Waals surface area contributed by atoms with Gasteiger partial charge in [-0.15, -0.1) is 0 Å². The normalized spacial score (nSPS) is 17.8. The zero-order valence-electron chi connectivity index (χ0n) is 11.6. The lowest BCUT2D eigenvalue weighted by Gasteiger charge is -2.38. The highest BCUT2D eigenvalue weighted by Crippen LogP contribution is 2.40. The maximum atomic E-state index is 11.3. The molecule has 2 N–H and O–H groups in total. The second-order valence-corrected chi connectivity index (χ2v) is 6.17. The fourth-order valence-electron chi connectivity index (χ4n) is 2.55. The quantitative estimate of drug-likeness (QED) is 0.825. The zero-order valence-corrected chi connectivity index (χ0v) is 11.6. The number of carboxylic acid groups (broad SMARTS) is 1. The summed E-state index contributed by atoms with van der Waals surface area (Å²) in [5.74, 6) is -0.662. The molecule has 0 radical (unpaired) electrons. The summed E-state index contributed by atoms with van der Waals surface area (Å²) in [7, 11) is 0. The smallest absolute Gasteiger partial charge is 0.310 e. The molecule has 1 heterocycles. The minimum atomic E-state index is -0.662.